The molecule has 0 saturated carbocycles. The van der Waals surface area contributed by atoms with Crippen LogP contribution in [-0.4, -0.2) is 55.7 Å². The number of methoxy groups -OCH3 is 1. The van der Waals surface area contributed by atoms with Crippen molar-refractivity contribution in [2.45, 2.75) is 6.42 Å². The highest BCUT2D eigenvalue weighted by Crippen LogP contribution is 2.25. The van der Waals surface area contributed by atoms with Crippen LogP contribution in [0.4, 0.5) is 14.9 Å². The van der Waals surface area contributed by atoms with E-state index in [1.54, 1.807) is 4.90 Å². The Labute approximate surface area is 153 Å². The topological polar surface area (TPSA) is 44.8 Å². The first-order chi connectivity index (χ1) is 12.7. The van der Waals surface area contributed by atoms with Gasteiger partial charge in [-0.2, -0.15) is 0 Å². The second-order valence-corrected chi connectivity index (χ2v) is 6.34. The zero-order chi connectivity index (χ0) is 18.4. The van der Waals surface area contributed by atoms with Gasteiger partial charge >= 0.3 is 6.03 Å². The third-order valence-electron chi connectivity index (χ3n) is 4.62. The van der Waals surface area contributed by atoms with Gasteiger partial charge in [-0.3, -0.25) is 4.90 Å². The standard InChI is InChI=1S/C20H24FN3O2/c1-26-19-15-17(21)7-8-18(19)22-20(25)24-13-11-23(12-14-24)10-9-16-5-3-2-4-6-16/h2-8,15H,9-14H2,1H3,(H,22,25). The molecule has 0 radical (unpaired) electrons. The Morgan fingerprint density at radius 1 is 1.12 bits per heavy atom. The molecule has 0 aromatic heterocycles. The minimum absolute atomic E-state index is 0.183. The van der Waals surface area contributed by atoms with Gasteiger partial charge < -0.3 is 15.0 Å². The number of carbonyl (C=O) groups excluding carboxylic acids is 1. The summed E-state index contributed by atoms with van der Waals surface area (Å²) in [4.78, 5) is 16.6. The van der Waals surface area contributed by atoms with Crippen LogP contribution in [0.25, 0.3) is 0 Å². The van der Waals surface area contributed by atoms with Gasteiger partial charge in [0.2, 0.25) is 0 Å². The van der Waals surface area contributed by atoms with Crippen LogP contribution < -0.4 is 10.1 Å². The number of halogens is 1. The van der Waals surface area contributed by atoms with Crippen LogP contribution in [0.1, 0.15) is 5.56 Å². The van der Waals surface area contributed by atoms with Crippen LogP contribution in [0.3, 0.4) is 0 Å². The molecule has 1 aliphatic rings. The van der Waals surface area contributed by atoms with Crippen molar-refractivity contribution in [2.75, 3.05) is 45.2 Å². The minimum Gasteiger partial charge on any atom is -0.494 e. The highest BCUT2D eigenvalue weighted by molar-refractivity contribution is 5.91. The number of piperazine rings is 1. The Balaban J connectivity index is 1.48. The van der Waals surface area contributed by atoms with Gasteiger partial charge in [-0.05, 0) is 24.1 Å². The zero-order valence-electron chi connectivity index (χ0n) is 15.0. The lowest BCUT2D eigenvalue weighted by atomic mass is 10.1. The van der Waals surface area contributed by atoms with Gasteiger partial charge in [0.1, 0.15) is 11.6 Å². The molecule has 3 rings (SSSR count). The number of nitrogens with zero attached hydrogens (tertiary/aromatic N) is 2. The number of benzene rings is 2. The fourth-order valence-electron chi connectivity index (χ4n) is 3.07. The number of hydrogen-bond donors (Lipinski definition) is 1. The molecular formula is C20H24FN3O2. The van der Waals surface area contributed by atoms with Crippen molar-refractivity contribution in [3.63, 3.8) is 0 Å². The summed E-state index contributed by atoms with van der Waals surface area (Å²) in [6.07, 6.45) is 1.01. The third-order valence-corrected chi connectivity index (χ3v) is 4.62. The van der Waals surface area contributed by atoms with Gasteiger partial charge in [-0.15, -0.1) is 0 Å². The molecule has 2 aromatic rings. The molecule has 1 heterocycles. The number of carbonyl (C=O) groups is 1. The summed E-state index contributed by atoms with van der Waals surface area (Å²) < 4.78 is 18.4. The Hall–Kier alpha value is -2.60. The average molecular weight is 357 g/mol. The van der Waals surface area contributed by atoms with Gasteiger partial charge in [0.15, 0.2) is 0 Å². The van der Waals surface area contributed by atoms with Crippen LogP contribution in [0.15, 0.2) is 48.5 Å². The van der Waals surface area contributed by atoms with Crippen LogP contribution in [0, 0.1) is 5.82 Å². The molecule has 1 fully saturated rings. The maximum absolute atomic E-state index is 13.3. The van der Waals surface area contributed by atoms with Gasteiger partial charge in [0.05, 0.1) is 12.8 Å². The van der Waals surface area contributed by atoms with E-state index in [4.69, 9.17) is 4.74 Å². The molecule has 138 valence electrons. The molecule has 0 bridgehead atoms. The van der Waals surface area contributed by atoms with E-state index in [2.05, 4.69) is 34.5 Å². The van der Waals surface area contributed by atoms with E-state index < -0.39 is 5.82 Å². The van der Waals surface area contributed by atoms with E-state index in [0.29, 0.717) is 24.5 Å². The maximum atomic E-state index is 13.3. The third kappa shape index (κ3) is 4.73. The van der Waals surface area contributed by atoms with Gasteiger partial charge in [-0.1, -0.05) is 30.3 Å². The van der Waals surface area contributed by atoms with E-state index in [0.717, 1.165) is 26.1 Å². The summed E-state index contributed by atoms with van der Waals surface area (Å²) in [6, 6.07) is 14.3. The minimum atomic E-state index is -0.396. The molecule has 0 atom stereocenters. The Kier molecular flexibility index (Phi) is 6.07. The summed E-state index contributed by atoms with van der Waals surface area (Å²) >= 11 is 0. The summed E-state index contributed by atoms with van der Waals surface area (Å²) in [7, 11) is 1.45. The number of urea groups is 1. The maximum Gasteiger partial charge on any atom is 0.322 e. The smallest absolute Gasteiger partial charge is 0.322 e. The first kappa shape index (κ1) is 18.2. The number of ether oxygens (including phenoxy) is 1. The number of anilines is 1. The number of amides is 2. The highest BCUT2D eigenvalue weighted by atomic mass is 19.1. The van der Waals surface area contributed by atoms with Crippen molar-refractivity contribution in [1.29, 1.82) is 0 Å². The molecular weight excluding hydrogens is 333 g/mol. The molecule has 1 saturated heterocycles. The molecule has 2 amide bonds. The summed E-state index contributed by atoms with van der Waals surface area (Å²) in [5.41, 5.74) is 1.81. The lowest BCUT2D eigenvalue weighted by Gasteiger charge is -2.34. The van der Waals surface area contributed by atoms with Crippen LogP contribution >= 0.6 is 0 Å². The fraction of sp³-hybridized carbons (Fsp3) is 0.350. The molecule has 1 aliphatic heterocycles. The van der Waals surface area contributed by atoms with Gasteiger partial charge in [0.25, 0.3) is 0 Å². The second kappa shape index (κ2) is 8.67. The van der Waals surface area contributed by atoms with E-state index in [9.17, 15) is 9.18 Å². The van der Waals surface area contributed by atoms with Crippen LogP contribution in [0.5, 0.6) is 5.75 Å². The summed E-state index contributed by atoms with van der Waals surface area (Å²) in [5.74, 6) is -0.0771. The number of hydrogen-bond acceptors (Lipinski definition) is 3. The largest absolute Gasteiger partial charge is 0.494 e. The fourth-order valence-corrected chi connectivity index (χ4v) is 3.07. The first-order valence-electron chi connectivity index (χ1n) is 8.81. The monoisotopic (exact) mass is 357 g/mol. The Morgan fingerprint density at radius 3 is 2.54 bits per heavy atom. The molecule has 0 spiro atoms. The summed E-state index contributed by atoms with van der Waals surface area (Å²) in [6.45, 7) is 4.03. The second-order valence-electron chi connectivity index (χ2n) is 6.34. The van der Waals surface area contributed by atoms with Gasteiger partial charge in [0, 0.05) is 38.8 Å². The molecule has 5 nitrogen and oxygen atoms in total. The van der Waals surface area contributed by atoms with Crippen molar-refractivity contribution in [1.82, 2.24) is 9.80 Å². The van der Waals surface area contributed by atoms with Gasteiger partial charge in [-0.25, -0.2) is 9.18 Å². The molecule has 2 aromatic carbocycles. The molecule has 26 heavy (non-hydrogen) atoms. The summed E-state index contributed by atoms with van der Waals surface area (Å²) in [5, 5.41) is 2.81. The van der Waals surface area contributed by atoms with Crippen LogP contribution in [-0.2, 0) is 6.42 Å². The number of rotatable bonds is 5. The van der Waals surface area contributed by atoms with E-state index in [1.165, 1.54) is 30.9 Å². The number of nitrogens with one attached hydrogen (secondary N) is 1. The van der Waals surface area contributed by atoms with E-state index in [1.807, 2.05) is 6.07 Å². The molecule has 1 N–H and O–H groups in total. The lowest BCUT2D eigenvalue weighted by Crippen LogP contribution is -2.50. The first-order valence-corrected chi connectivity index (χ1v) is 8.81. The Bertz CT molecular complexity index is 731. The van der Waals surface area contributed by atoms with E-state index in [-0.39, 0.29) is 6.03 Å². The average Bonchev–Trinajstić information content (AvgIpc) is 2.69. The van der Waals surface area contributed by atoms with E-state index >= 15 is 0 Å². The quantitative estimate of drug-likeness (QED) is 0.894. The van der Waals surface area contributed by atoms with Crippen molar-refractivity contribution >= 4 is 11.7 Å². The lowest BCUT2D eigenvalue weighted by molar-refractivity contribution is 0.148. The SMILES string of the molecule is COc1cc(F)ccc1NC(=O)N1CCN(CCc2ccccc2)CC1. The van der Waals surface area contributed by atoms with Crippen LogP contribution in [0.2, 0.25) is 0 Å². The van der Waals surface area contributed by atoms with Crippen molar-refractivity contribution in [3.05, 3.63) is 59.9 Å². The molecule has 6 heteroatoms. The Morgan fingerprint density at radius 2 is 1.85 bits per heavy atom. The zero-order valence-corrected chi connectivity index (χ0v) is 15.0. The predicted molar refractivity (Wildman–Crippen MR) is 100 cm³/mol. The van der Waals surface area contributed by atoms with Crippen molar-refractivity contribution < 1.29 is 13.9 Å². The molecule has 0 aliphatic carbocycles. The van der Waals surface area contributed by atoms with Crippen molar-refractivity contribution in [2.24, 2.45) is 0 Å². The molecule has 0 unspecified atom stereocenters. The van der Waals surface area contributed by atoms with Crippen molar-refractivity contribution in [3.8, 4) is 5.75 Å². The highest BCUT2D eigenvalue weighted by Gasteiger charge is 2.21. The predicted octanol–water partition coefficient (Wildman–Crippen LogP) is 3.23. The normalized spacial score (nSPS) is 14.9.